The van der Waals surface area contributed by atoms with E-state index in [1.165, 1.54) is 30.6 Å². The zero-order valence-corrected chi connectivity index (χ0v) is 19.2. The maximum absolute atomic E-state index is 12.5. The third kappa shape index (κ3) is 5.17. The summed E-state index contributed by atoms with van der Waals surface area (Å²) < 4.78 is 12.4. The van der Waals surface area contributed by atoms with Gasteiger partial charge in [0.2, 0.25) is 5.88 Å². The van der Waals surface area contributed by atoms with E-state index in [0.29, 0.717) is 23.9 Å². The van der Waals surface area contributed by atoms with Crippen LogP contribution in [0.3, 0.4) is 0 Å². The van der Waals surface area contributed by atoms with E-state index in [4.69, 9.17) is 9.47 Å². The lowest BCUT2D eigenvalue weighted by molar-refractivity contribution is -0.921. The number of aromatic hydroxyl groups is 1. The van der Waals surface area contributed by atoms with Gasteiger partial charge in [0.15, 0.2) is 23.9 Å². The van der Waals surface area contributed by atoms with Gasteiger partial charge in [-0.2, -0.15) is 0 Å². The maximum atomic E-state index is 12.5. The second kappa shape index (κ2) is 10.5. The number of quaternary nitrogens is 1. The minimum absolute atomic E-state index is 0.0515. The molecule has 0 spiro atoms. The molecule has 2 N–H and O–H groups in total. The van der Waals surface area contributed by atoms with Crippen LogP contribution in [0.1, 0.15) is 31.2 Å². The van der Waals surface area contributed by atoms with Crippen LogP contribution < -0.4 is 14.4 Å². The van der Waals surface area contributed by atoms with E-state index >= 15 is 0 Å². The highest BCUT2D eigenvalue weighted by Gasteiger charge is 2.21. The van der Waals surface area contributed by atoms with E-state index in [1.807, 2.05) is 28.8 Å². The third-order valence-corrected chi connectivity index (χ3v) is 6.17. The molecule has 1 aliphatic rings. The van der Waals surface area contributed by atoms with E-state index in [0.717, 1.165) is 29.6 Å². The molecule has 174 valence electrons. The number of hydrogen-bond acceptors (Lipinski definition) is 5. The molecule has 1 aliphatic heterocycles. The Morgan fingerprint density at radius 2 is 1.76 bits per heavy atom. The Labute approximate surface area is 193 Å². The lowest BCUT2D eigenvalue weighted by atomic mass is 10.1. The number of methoxy groups -OCH3 is 2. The van der Waals surface area contributed by atoms with Crippen molar-refractivity contribution in [1.82, 2.24) is 4.57 Å². The summed E-state index contributed by atoms with van der Waals surface area (Å²) in [5.74, 6) is 0.795. The minimum Gasteiger partial charge on any atom is -0.493 e. The number of carbonyl (C=O) groups is 1. The maximum Gasteiger partial charge on any atom is 0.269 e. The Morgan fingerprint density at radius 3 is 2.48 bits per heavy atom. The van der Waals surface area contributed by atoms with Crippen LogP contribution in [0.5, 0.6) is 17.4 Å². The first kappa shape index (κ1) is 22.8. The molecule has 1 amide bonds. The summed E-state index contributed by atoms with van der Waals surface area (Å²) >= 11 is 0. The van der Waals surface area contributed by atoms with Gasteiger partial charge >= 0.3 is 0 Å². The number of aromatic nitrogens is 1. The van der Waals surface area contributed by atoms with Crippen molar-refractivity contribution >= 4 is 22.5 Å². The number of nitrogens with one attached hydrogen (secondary N) is 1. The van der Waals surface area contributed by atoms with Crippen LogP contribution in [0.15, 0.2) is 52.7 Å². The van der Waals surface area contributed by atoms with E-state index in [9.17, 15) is 9.90 Å². The number of fused-ring (bicyclic) bond motifs is 1. The van der Waals surface area contributed by atoms with Gasteiger partial charge in [-0.05, 0) is 49.4 Å². The SMILES string of the molecule is COc1ccc(CC(=O)N=Nc2c(O)n(C[NH+]3CCCCCC3)c3ccccc23)cc1OC. The fraction of sp³-hybridized carbons (Fsp3) is 0.400. The van der Waals surface area contributed by atoms with Gasteiger partial charge in [-0.1, -0.05) is 24.3 Å². The second-order valence-corrected chi connectivity index (χ2v) is 8.40. The van der Waals surface area contributed by atoms with Crippen LogP contribution in [0.25, 0.3) is 10.9 Å². The third-order valence-electron chi connectivity index (χ3n) is 6.17. The number of azo groups is 1. The summed E-state index contributed by atoms with van der Waals surface area (Å²) in [6.07, 6.45) is 5.01. The Hall–Kier alpha value is -3.39. The first-order chi connectivity index (χ1) is 16.1. The Kier molecular flexibility index (Phi) is 7.24. The van der Waals surface area contributed by atoms with Crippen LogP contribution in [-0.2, 0) is 17.9 Å². The van der Waals surface area contributed by atoms with Gasteiger partial charge in [-0.15, -0.1) is 10.2 Å². The molecule has 1 saturated heterocycles. The first-order valence-corrected chi connectivity index (χ1v) is 11.4. The number of hydrogen-bond donors (Lipinski definition) is 2. The van der Waals surface area contributed by atoms with Gasteiger partial charge in [0.1, 0.15) is 0 Å². The summed E-state index contributed by atoms with van der Waals surface area (Å²) in [6.45, 7) is 2.85. The van der Waals surface area contributed by atoms with Crippen molar-refractivity contribution in [1.29, 1.82) is 0 Å². The highest BCUT2D eigenvalue weighted by Crippen LogP contribution is 2.38. The number of rotatable bonds is 7. The molecular formula is C25H31N4O4+. The molecule has 1 fully saturated rings. The highest BCUT2D eigenvalue weighted by molar-refractivity contribution is 5.95. The number of carbonyl (C=O) groups excluding carboxylic acids is 1. The van der Waals surface area contributed by atoms with Gasteiger partial charge < -0.3 is 19.5 Å². The molecule has 33 heavy (non-hydrogen) atoms. The molecule has 2 heterocycles. The molecule has 0 aliphatic carbocycles. The predicted octanol–water partition coefficient (Wildman–Crippen LogP) is 3.63. The Bertz CT molecular complexity index is 1150. The van der Waals surface area contributed by atoms with Crippen molar-refractivity contribution in [2.75, 3.05) is 27.3 Å². The van der Waals surface area contributed by atoms with Crippen LogP contribution in [0.2, 0.25) is 0 Å². The molecule has 0 saturated carbocycles. The van der Waals surface area contributed by atoms with Gasteiger partial charge in [0.25, 0.3) is 5.91 Å². The van der Waals surface area contributed by atoms with E-state index < -0.39 is 5.91 Å². The van der Waals surface area contributed by atoms with E-state index in [-0.39, 0.29) is 12.3 Å². The molecule has 3 aromatic rings. The standard InChI is InChI=1S/C25H30N4O4/c1-32-21-12-11-18(15-22(21)33-2)16-23(30)26-27-24-19-9-5-6-10-20(19)29(25(24)31)17-28-13-7-3-4-8-14-28/h5-6,9-12,15,31H,3-4,7-8,13-14,16-17H2,1-2H3/p+1. The molecule has 0 bridgehead atoms. The lowest BCUT2D eigenvalue weighted by Crippen LogP contribution is -3.11. The molecule has 2 aromatic carbocycles. The Balaban J connectivity index is 1.55. The summed E-state index contributed by atoms with van der Waals surface area (Å²) in [7, 11) is 3.11. The van der Waals surface area contributed by atoms with Crippen LogP contribution in [0, 0.1) is 0 Å². The van der Waals surface area contributed by atoms with Crippen molar-refractivity contribution in [2.45, 2.75) is 38.8 Å². The number of benzene rings is 2. The number of ether oxygens (including phenoxy) is 2. The zero-order valence-electron chi connectivity index (χ0n) is 19.2. The van der Waals surface area contributed by atoms with Gasteiger partial charge in [0, 0.05) is 5.39 Å². The topological polar surface area (TPSA) is 89.9 Å². The zero-order chi connectivity index (χ0) is 23.2. The van der Waals surface area contributed by atoms with Crippen molar-refractivity contribution in [2.24, 2.45) is 10.2 Å². The first-order valence-electron chi connectivity index (χ1n) is 11.4. The smallest absolute Gasteiger partial charge is 0.269 e. The molecule has 8 heteroatoms. The number of likely N-dealkylation sites (tertiary alicyclic amines) is 1. The summed E-state index contributed by atoms with van der Waals surface area (Å²) in [5.41, 5.74) is 1.97. The summed E-state index contributed by atoms with van der Waals surface area (Å²) in [5, 5.41) is 19.9. The molecule has 1 aromatic heterocycles. The quantitative estimate of drug-likeness (QED) is 0.537. The molecular weight excluding hydrogens is 420 g/mol. The predicted molar refractivity (Wildman–Crippen MR) is 126 cm³/mol. The fourth-order valence-electron chi connectivity index (χ4n) is 4.45. The largest absolute Gasteiger partial charge is 0.493 e. The second-order valence-electron chi connectivity index (χ2n) is 8.40. The van der Waals surface area contributed by atoms with Crippen LogP contribution in [-0.4, -0.2) is 42.9 Å². The van der Waals surface area contributed by atoms with E-state index in [1.54, 1.807) is 32.4 Å². The van der Waals surface area contributed by atoms with E-state index in [2.05, 4.69) is 10.2 Å². The average molecular weight is 452 g/mol. The highest BCUT2D eigenvalue weighted by atomic mass is 16.5. The minimum atomic E-state index is -0.406. The average Bonchev–Trinajstić information content (AvgIpc) is 2.98. The van der Waals surface area contributed by atoms with Crippen molar-refractivity contribution in [3.05, 3.63) is 48.0 Å². The Morgan fingerprint density at radius 1 is 1.03 bits per heavy atom. The molecule has 0 atom stereocenters. The monoisotopic (exact) mass is 451 g/mol. The number of para-hydroxylation sites is 1. The molecule has 0 radical (unpaired) electrons. The van der Waals surface area contributed by atoms with Crippen LogP contribution >= 0.6 is 0 Å². The lowest BCUT2D eigenvalue weighted by Gasteiger charge is -2.18. The van der Waals surface area contributed by atoms with Crippen molar-refractivity contribution in [3.63, 3.8) is 0 Å². The normalized spacial score (nSPS) is 15.1. The molecule has 8 nitrogen and oxygen atoms in total. The van der Waals surface area contributed by atoms with Crippen molar-refractivity contribution < 1.29 is 24.3 Å². The molecule has 0 unspecified atom stereocenters. The van der Waals surface area contributed by atoms with Gasteiger partial charge in [-0.3, -0.25) is 9.36 Å². The van der Waals surface area contributed by atoms with Gasteiger partial charge in [0.05, 0.1) is 39.2 Å². The van der Waals surface area contributed by atoms with Crippen LogP contribution in [0.4, 0.5) is 5.69 Å². The molecule has 4 rings (SSSR count). The van der Waals surface area contributed by atoms with Gasteiger partial charge in [-0.25, -0.2) is 0 Å². The fourth-order valence-corrected chi connectivity index (χ4v) is 4.45. The number of nitrogens with zero attached hydrogens (tertiary/aromatic N) is 3. The number of amides is 1. The summed E-state index contributed by atoms with van der Waals surface area (Å²) in [6, 6.07) is 13.0. The summed E-state index contributed by atoms with van der Waals surface area (Å²) in [4.78, 5) is 14.0. The van der Waals surface area contributed by atoms with Crippen molar-refractivity contribution in [3.8, 4) is 17.4 Å².